The zero-order chi connectivity index (χ0) is 38.9. The number of aliphatic hydroxyl groups is 6. The Balaban J connectivity index is 1.58. The molecular formula is C36H45N3O15. The maximum atomic E-state index is 11.0. The molecule has 4 rings (SSSR count). The molecule has 0 spiro atoms. The van der Waals surface area contributed by atoms with Crippen LogP contribution in [-0.2, 0) is 14.2 Å². The van der Waals surface area contributed by atoms with Gasteiger partial charge in [0, 0.05) is 18.2 Å². The van der Waals surface area contributed by atoms with Crippen molar-refractivity contribution in [1.82, 2.24) is 15.0 Å². The average Bonchev–Trinajstić information content (AvgIpc) is 3.17. The number of aromatic nitrogens is 3. The van der Waals surface area contributed by atoms with Crippen LogP contribution < -0.4 is 14.2 Å². The number of phenols is 3. The Morgan fingerprint density at radius 2 is 0.704 bits per heavy atom. The molecule has 0 bridgehead atoms. The highest BCUT2D eigenvalue weighted by Gasteiger charge is 2.20. The van der Waals surface area contributed by atoms with Gasteiger partial charge in [-0.05, 0) is 36.4 Å². The minimum absolute atomic E-state index is 0.00995. The van der Waals surface area contributed by atoms with Gasteiger partial charge in [0.05, 0.1) is 76.2 Å². The SMILES string of the molecule is OCC(O)COCCOc1ccc(-c2nc(-c3ccc(OCCOCC(O)CO)cc3O)nc(-c3ccc(OCCOCC(O)CO)cc3O)n2)c(O)c1. The van der Waals surface area contributed by atoms with Crippen LogP contribution >= 0.6 is 0 Å². The van der Waals surface area contributed by atoms with Crippen LogP contribution in [0.5, 0.6) is 34.5 Å². The highest BCUT2D eigenvalue weighted by Crippen LogP contribution is 2.37. The van der Waals surface area contributed by atoms with Crippen molar-refractivity contribution in [3.63, 3.8) is 0 Å². The fourth-order valence-electron chi connectivity index (χ4n) is 4.58. The van der Waals surface area contributed by atoms with Crippen molar-refractivity contribution in [3.8, 4) is 68.7 Å². The Labute approximate surface area is 310 Å². The van der Waals surface area contributed by atoms with E-state index in [0.29, 0.717) is 17.2 Å². The van der Waals surface area contributed by atoms with Crippen LogP contribution in [0.15, 0.2) is 54.6 Å². The quantitative estimate of drug-likeness (QED) is 0.0433. The zero-order valence-corrected chi connectivity index (χ0v) is 29.2. The van der Waals surface area contributed by atoms with Crippen LogP contribution in [-0.4, -0.2) is 159 Å². The van der Waals surface area contributed by atoms with E-state index in [1.807, 2.05) is 0 Å². The number of benzene rings is 3. The lowest BCUT2D eigenvalue weighted by molar-refractivity contribution is -0.00139. The van der Waals surface area contributed by atoms with Crippen molar-refractivity contribution < 1.29 is 74.4 Å². The Morgan fingerprint density at radius 3 is 0.944 bits per heavy atom. The van der Waals surface area contributed by atoms with Gasteiger partial charge < -0.3 is 74.4 Å². The normalized spacial score (nSPS) is 13.0. The molecule has 9 N–H and O–H groups in total. The molecule has 0 saturated carbocycles. The van der Waals surface area contributed by atoms with E-state index < -0.39 is 38.1 Å². The van der Waals surface area contributed by atoms with E-state index in [1.165, 1.54) is 36.4 Å². The van der Waals surface area contributed by atoms with Gasteiger partial charge >= 0.3 is 0 Å². The molecule has 0 aliphatic rings. The summed E-state index contributed by atoms with van der Waals surface area (Å²) < 4.78 is 32.6. The summed E-state index contributed by atoms with van der Waals surface area (Å²) in [6.07, 6.45) is -3.00. The summed E-state index contributed by atoms with van der Waals surface area (Å²) >= 11 is 0. The molecule has 1 aromatic heterocycles. The van der Waals surface area contributed by atoms with Crippen molar-refractivity contribution in [3.05, 3.63) is 54.6 Å². The van der Waals surface area contributed by atoms with Gasteiger partial charge in [-0.15, -0.1) is 0 Å². The predicted molar refractivity (Wildman–Crippen MR) is 189 cm³/mol. The van der Waals surface area contributed by atoms with Crippen LogP contribution in [0.25, 0.3) is 34.2 Å². The lowest BCUT2D eigenvalue weighted by Crippen LogP contribution is -2.21. The fraction of sp³-hybridized carbons (Fsp3) is 0.417. The first-order valence-electron chi connectivity index (χ1n) is 16.9. The molecule has 18 nitrogen and oxygen atoms in total. The summed E-state index contributed by atoms with van der Waals surface area (Å²) in [6, 6.07) is 13.3. The highest BCUT2D eigenvalue weighted by molar-refractivity contribution is 5.74. The molecule has 3 atom stereocenters. The number of aliphatic hydroxyl groups excluding tert-OH is 6. The molecule has 0 fully saturated rings. The number of hydrogen-bond donors (Lipinski definition) is 9. The molecule has 54 heavy (non-hydrogen) atoms. The van der Waals surface area contributed by atoms with E-state index in [4.69, 9.17) is 43.7 Å². The third kappa shape index (κ3) is 12.9. The first-order chi connectivity index (χ1) is 26.1. The fourth-order valence-corrected chi connectivity index (χ4v) is 4.58. The van der Waals surface area contributed by atoms with Gasteiger partial charge in [-0.2, -0.15) is 0 Å². The molecule has 0 amide bonds. The summed E-state index contributed by atoms with van der Waals surface area (Å²) in [6.45, 7) is -0.856. The van der Waals surface area contributed by atoms with E-state index in [0.717, 1.165) is 0 Å². The molecular weight excluding hydrogens is 714 g/mol. The minimum atomic E-state index is -1.00. The summed E-state index contributed by atoms with van der Waals surface area (Å²) in [4.78, 5) is 13.6. The Bertz CT molecular complexity index is 1540. The van der Waals surface area contributed by atoms with Crippen molar-refractivity contribution in [2.24, 2.45) is 0 Å². The lowest BCUT2D eigenvalue weighted by atomic mass is 10.1. The van der Waals surface area contributed by atoms with Crippen molar-refractivity contribution >= 4 is 0 Å². The topological polar surface area (TPSA) is 276 Å². The van der Waals surface area contributed by atoms with Crippen molar-refractivity contribution in [2.75, 3.05) is 79.3 Å². The third-order valence-electron chi connectivity index (χ3n) is 7.32. The van der Waals surface area contributed by atoms with E-state index in [-0.39, 0.29) is 111 Å². The van der Waals surface area contributed by atoms with E-state index in [1.54, 1.807) is 18.2 Å². The summed E-state index contributed by atoms with van der Waals surface area (Å²) in [5.74, 6) is 0.0926. The van der Waals surface area contributed by atoms with Gasteiger partial charge in [0.2, 0.25) is 0 Å². The number of aromatic hydroxyl groups is 3. The van der Waals surface area contributed by atoms with Gasteiger partial charge in [-0.25, -0.2) is 15.0 Å². The lowest BCUT2D eigenvalue weighted by Gasteiger charge is -2.14. The average molecular weight is 760 g/mol. The standard InChI is InChI=1S/C36H45N3O15/c40-16-22(43)19-49-7-10-52-25-1-4-28(31(46)13-25)34-37-35(29-5-2-26(14-32(29)47)53-11-8-50-20-23(44)17-41)39-36(38-34)30-6-3-27(15-33(30)48)54-12-9-51-21-24(45)18-42/h1-6,13-15,22-24,40-48H,7-12,16-21H2. The smallest absolute Gasteiger partial charge is 0.167 e. The predicted octanol–water partition coefficient (Wildman–Crippen LogP) is 0.235. The maximum absolute atomic E-state index is 11.0. The molecule has 0 aliphatic carbocycles. The summed E-state index contributed by atoms with van der Waals surface area (Å²) in [7, 11) is 0. The number of rotatable bonds is 24. The van der Waals surface area contributed by atoms with Crippen LogP contribution in [0.2, 0.25) is 0 Å². The van der Waals surface area contributed by atoms with Crippen molar-refractivity contribution in [2.45, 2.75) is 18.3 Å². The second-order valence-corrected chi connectivity index (χ2v) is 11.6. The van der Waals surface area contributed by atoms with E-state index in [2.05, 4.69) is 15.0 Å². The van der Waals surface area contributed by atoms with Gasteiger partial charge in [0.25, 0.3) is 0 Å². The van der Waals surface area contributed by atoms with Crippen molar-refractivity contribution in [1.29, 1.82) is 0 Å². The van der Waals surface area contributed by atoms with Gasteiger partial charge in [-0.3, -0.25) is 0 Å². The van der Waals surface area contributed by atoms with Crippen LogP contribution in [0, 0.1) is 0 Å². The molecule has 3 unspecified atom stereocenters. The monoisotopic (exact) mass is 759 g/mol. The first-order valence-corrected chi connectivity index (χ1v) is 16.9. The van der Waals surface area contributed by atoms with E-state index in [9.17, 15) is 30.6 Å². The number of ether oxygens (including phenoxy) is 6. The first kappa shape index (κ1) is 41.9. The molecule has 4 aromatic rings. The summed E-state index contributed by atoms with van der Waals surface area (Å²) in [5, 5.41) is 87.9. The van der Waals surface area contributed by atoms with Crippen LogP contribution in [0.4, 0.5) is 0 Å². The van der Waals surface area contributed by atoms with Gasteiger partial charge in [0.1, 0.15) is 72.6 Å². The molecule has 0 saturated heterocycles. The Morgan fingerprint density at radius 1 is 0.426 bits per heavy atom. The largest absolute Gasteiger partial charge is 0.507 e. The number of phenolic OH excluding ortho intramolecular Hbond substituents is 3. The number of nitrogens with zero attached hydrogens (tertiary/aromatic N) is 3. The molecule has 294 valence electrons. The Hall–Kier alpha value is -4.89. The molecule has 0 aliphatic heterocycles. The zero-order valence-electron chi connectivity index (χ0n) is 29.2. The Kier molecular flexibility index (Phi) is 16.8. The maximum Gasteiger partial charge on any atom is 0.167 e. The number of hydrogen-bond acceptors (Lipinski definition) is 18. The third-order valence-corrected chi connectivity index (χ3v) is 7.32. The highest BCUT2D eigenvalue weighted by atomic mass is 16.5. The molecule has 1 heterocycles. The minimum Gasteiger partial charge on any atom is -0.507 e. The second-order valence-electron chi connectivity index (χ2n) is 11.6. The van der Waals surface area contributed by atoms with Gasteiger partial charge in [0.15, 0.2) is 17.5 Å². The summed E-state index contributed by atoms with van der Waals surface area (Å²) in [5.41, 5.74) is 0.517. The molecule has 18 heteroatoms. The van der Waals surface area contributed by atoms with E-state index >= 15 is 0 Å². The second kappa shape index (κ2) is 21.7. The van der Waals surface area contributed by atoms with Gasteiger partial charge in [-0.1, -0.05) is 0 Å². The molecule has 0 radical (unpaired) electrons. The van der Waals surface area contributed by atoms with Crippen LogP contribution in [0.1, 0.15) is 0 Å². The molecule has 3 aromatic carbocycles. The van der Waals surface area contributed by atoms with Crippen LogP contribution in [0.3, 0.4) is 0 Å².